The van der Waals surface area contributed by atoms with Crippen molar-refractivity contribution in [1.82, 2.24) is 19.9 Å². The molecule has 0 radical (unpaired) electrons. The number of anilines is 2. The van der Waals surface area contributed by atoms with Crippen molar-refractivity contribution in [3.05, 3.63) is 28.9 Å². The van der Waals surface area contributed by atoms with Crippen LogP contribution in [0.4, 0.5) is 11.5 Å². The number of nitrogens with zero attached hydrogens (tertiary/aromatic N) is 3. The van der Waals surface area contributed by atoms with Crippen molar-refractivity contribution in [3.8, 4) is 17.2 Å². The van der Waals surface area contributed by atoms with Gasteiger partial charge in [-0.1, -0.05) is 0 Å². The molecule has 9 nitrogen and oxygen atoms in total. The predicted octanol–water partition coefficient (Wildman–Crippen LogP) is 1.44. The first kappa shape index (κ1) is 15.7. The highest BCUT2D eigenvalue weighted by Gasteiger charge is 2.18. The molecule has 0 bridgehead atoms. The standard InChI is InChI=1S/C15H17N5O4/c1-20(14-11-13(17-7-16-11)18-15(21)19-14)8-5-9(22-2)12(24-4)10(6-8)23-3/h5-7H,1-4H3,(H2,16,17,18,19,21). The van der Waals surface area contributed by atoms with Crippen molar-refractivity contribution in [2.45, 2.75) is 0 Å². The van der Waals surface area contributed by atoms with Crippen molar-refractivity contribution in [2.24, 2.45) is 0 Å². The number of nitrogens with one attached hydrogen (secondary N) is 2. The molecule has 9 heteroatoms. The maximum absolute atomic E-state index is 11.8. The second-order valence-electron chi connectivity index (χ2n) is 4.93. The van der Waals surface area contributed by atoms with Gasteiger partial charge in [0.05, 0.1) is 27.7 Å². The average molecular weight is 331 g/mol. The van der Waals surface area contributed by atoms with Crippen LogP contribution < -0.4 is 24.8 Å². The summed E-state index contributed by atoms with van der Waals surface area (Å²) in [6.07, 6.45) is 1.49. The minimum absolute atomic E-state index is 0.431. The van der Waals surface area contributed by atoms with Gasteiger partial charge < -0.3 is 24.1 Å². The van der Waals surface area contributed by atoms with E-state index in [4.69, 9.17) is 14.2 Å². The third kappa shape index (κ3) is 2.49. The molecule has 0 fully saturated rings. The largest absolute Gasteiger partial charge is 0.493 e. The van der Waals surface area contributed by atoms with Gasteiger partial charge in [0.1, 0.15) is 5.52 Å². The minimum atomic E-state index is -0.483. The van der Waals surface area contributed by atoms with Crippen LogP contribution in [0.1, 0.15) is 0 Å². The number of benzene rings is 1. The molecule has 0 saturated carbocycles. The summed E-state index contributed by atoms with van der Waals surface area (Å²) in [7, 11) is 6.40. The summed E-state index contributed by atoms with van der Waals surface area (Å²) in [5.41, 5.74) is 1.28. The first-order valence-corrected chi connectivity index (χ1v) is 7.06. The number of aromatic amines is 2. The third-order valence-corrected chi connectivity index (χ3v) is 3.65. The first-order valence-electron chi connectivity index (χ1n) is 7.06. The molecule has 0 unspecified atom stereocenters. The third-order valence-electron chi connectivity index (χ3n) is 3.65. The Morgan fingerprint density at radius 3 is 2.33 bits per heavy atom. The molecule has 2 N–H and O–H groups in total. The maximum atomic E-state index is 11.8. The summed E-state index contributed by atoms with van der Waals surface area (Å²) >= 11 is 0. The van der Waals surface area contributed by atoms with Crippen LogP contribution in [-0.4, -0.2) is 48.3 Å². The van der Waals surface area contributed by atoms with Crippen LogP contribution in [-0.2, 0) is 0 Å². The van der Waals surface area contributed by atoms with Crippen LogP contribution in [0, 0.1) is 0 Å². The number of hydrogen-bond acceptors (Lipinski definition) is 7. The van der Waals surface area contributed by atoms with Gasteiger partial charge in [0, 0.05) is 24.9 Å². The quantitative estimate of drug-likeness (QED) is 0.728. The fraction of sp³-hybridized carbons (Fsp3) is 0.267. The van der Waals surface area contributed by atoms with Crippen LogP contribution in [0.15, 0.2) is 23.3 Å². The Bertz CT molecular complexity index is 908. The molecule has 0 aliphatic rings. The van der Waals surface area contributed by atoms with E-state index in [-0.39, 0.29) is 0 Å². The van der Waals surface area contributed by atoms with E-state index in [1.165, 1.54) is 13.4 Å². The summed E-state index contributed by atoms with van der Waals surface area (Å²) in [5.74, 6) is 1.93. The maximum Gasteiger partial charge on any atom is 0.348 e. The topological polar surface area (TPSA) is 105 Å². The molecule has 0 spiro atoms. The zero-order valence-corrected chi connectivity index (χ0v) is 13.7. The van der Waals surface area contributed by atoms with Gasteiger partial charge in [-0.2, -0.15) is 4.98 Å². The Labute approximate surface area is 137 Å². The van der Waals surface area contributed by atoms with E-state index in [0.717, 1.165) is 0 Å². The van der Waals surface area contributed by atoms with Gasteiger partial charge in [0.2, 0.25) is 5.75 Å². The van der Waals surface area contributed by atoms with Crippen molar-refractivity contribution in [3.63, 3.8) is 0 Å². The summed E-state index contributed by atoms with van der Waals surface area (Å²) in [4.78, 5) is 27.2. The normalized spacial score (nSPS) is 10.7. The van der Waals surface area contributed by atoms with Gasteiger partial charge in [-0.05, 0) is 0 Å². The molecule has 0 amide bonds. The molecule has 0 aliphatic heterocycles. The highest BCUT2D eigenvalue weighted by Crippen LogP contribution is 2.42. The molecule has 3 rings (SSSR count). The lowest BCUT2D eigenvalue weighted by molar-refractivity contribution is 0.324. The molecule has 2 heterocycles. The van der Waals surface area contributed by atoms with Gasteiger partial charge in [0.25, 0.3) is 0 Å². The van der Waals surface area contributed by atoms with Gasteiger partial charge in [-0.15, -0.1) is 0 Å². The number of ether oxygens (including phenoxy) is 3. The van der Waals surface area contributed by atoms with E-state index in [1.807, 2.05) is 0 Å². The second-order valence-corrected chi connectivity index (χ2v) is 4.93. The molecular weight excluding hydrogens is 314 g/mol. The molecule has 0 atom stereocenters. The summed E-state index contributed by atoms with van der Waals surface area (Å²) in [6, 6.07) is 3.54. The van der Waals surface area contributed by atoms with Crippen LogP contribution in [0.3, 0.4) is 0 Å². The molecular formula is C15H17N5O4. The van der Waals surface area contributed by atoms with Crippen molar-refractivity contribution in [1.29, 1.82) is 0 Å². The van der Waals surface area contributed by atoms with Crippen molar-refractivity contribution < 1.29 is 14.2 Å². The number of imidazole rings is 1. The van der Waals surface area contributed by atoms with Crippen LogP contribution >= 0.6 is 0 Å². The zero-order valence-electron chi connectivity index (χ0n) is 13.7. The van der Waals surface area contributed by atoms with Crippen LogP contribution in [0.25, 0.3) is 11.2 Å². The molecule has 3 aromatic rings. The molecule has 126 valence electrons. The Morgan fingerprint density at radius 1 is 1.08 bits per heavy atom. The molecule has 0 aliphatic carbocycles. The predicted molar refractivity (Wildman–Crippen MR) is 88.7 cm³/mol. The minimum Gasteiger partial charge on any atom is -0.493 e. The number of aromatic nitrogens is 4. The Balaban J connectivity index is 2.17. The van der Waals surface area contributed by atoms with Gasteiger partial charge >= 0.3 is 5.69 Å². The zero-order chi connectivity index (χ0) is 17.3. The van der Waals surface area contributed by atoms with E-state index in [1.54, 1.807) is 38.3 Å². The fourth-order valence-electron chi connectivity index (χ4n) is 2.47. The highest BCUT2D eigenvalue weighted by molar-refractivity contribution is 5.86. The van der Waals surface area contributed by atoms with Crippen LogP contribution in [0.2, 0.25) is 0 Å². The van der Waals surface area contributed by atoms with E-state index >= 15 is 0 Å². The molecule has 24 heavy (non-hydrogen) atoms. The van der Waals surface area contributed by atoms with E-state index in [2.05, 4.69) is 19.9 Å². The fourth-order valence-corrected chi connectivity index (χ4v) is 2.47. The highest BCUT2D eigenvalue weighted by atomic mass is 16.5. The molecule has 0 saturated heterocycles. The number of rotatable bonds is 5. The number of fused-ring (bicyclic) bond motifs is 1. The summed E-state index contributed by atoms with van der Waals surface area (Å²) in [6.45, 7) is 0. The van der Waals surface area contributed by atoms with Crippen LogP contribution in [0.5, 0.6) is 17.2 Å². The number of methoxy groups -OCH3 is 3. The lowest BCUT2D eigenvalue weighted by Crippen LogP contribution is -2.19. The summed E-state index contributed by atoms with van der Waals surface area (Å²) < 4.78 is 16.0. The van der Waals surface area contributed by atoms with E-state index in [9.17, 15) is 4.79 Å². The lowest BCUT2D eigenvalue weighted by atomic mass is 10.2. The van der Waals surface area contributed by atoms with E-state index in [0.29, 0.717) is 39.9 Å². The van der Waals surface area contributed by atoms with Gasteiger partial charge in [-0.3, -0.25) is 4.98 Å². The Kier molecular flexibility index (Phi) is 3.98. The second kappa shape index (κ2) is 6.11. The van der Waals surface area contributed by atoms with Crippen molar-refractivity contribution in [2.75, 3.05) is 33.3 Å². The van der Waals surface area contributed by atoms with Crippen molar-refractivity contribution >= 4 is 22.7 Å². The first-order chi connectivity index (χ1) is 11.6. The number of H-pyrrole nitrogens is 2. The summed E-state index contributed by atoms with van der Waals surface area (Å²) in [5, 5.41) is 0. The SMILES string of the molecule is COc1cc(N(C)c2nc(=O)[nH]c3nc[nH]c23)cc(OC)c1OC. The monoisotopic (exact) mass is 331 g/mol. The molecule has 2 aromatic heterocycles. The van der Waals surface area contributed by atoms with Gasteiger partial charge in [0.15, 0.2) is 23.0 Å². The molecule has 1 aromatic carbocycles. The lowest BCUT2D eigenvalue weighted by Gasteiger charge is -2.21. The smallest absolute Gasteiger partial charge is 0.348 e. The average Bonchev–Trinajstić information content (AvgIpc) is 3.07. The Morgan fingerprint density at radius 2 is 1.75 bits per heavy atom. The van der Waals surface area contributed by atoms with E-state index < -0.39 is 5.69 Å². The van der Waals surface area contributed by atoms with Gasteiger partial charge in [-0.25, -0.2) is 9.78 Å². The Hall–Kier alpha value is -3.23. The number of hydrogen-bond donors (Lipinski definition) is 2.